The fraction of sp³-hybridized carbons (Fsp3) is 0.200. The number of nitriles is 1. The van der Waals surface area contributed by atoms with Crippen LogP contribution in [-0.4, -0.2) is 19.3 Å². The van der Waals surface area contributed by atoms with Crippen LogP contribution in [0.2, 0.25) is 0 Å². The first-order chi connectivity index (χ1) is 18.0. The fourth-order valence-electron chi connectivity index (χ4n) is 3.84. The summed E-state index contributed by atoms with van der Waals surface area (Å²) in [4.78, 5) is 12.8. The maximum absolute atomic E-state index is 12.8. The molecule has 0 fully saturated rings. The number of rotatable bonds is 10. The van der Waals surface area contributed by atoms with Crippen molar-refractivity contribution in [3.8, 4) is 29.1 Å². The summed E-state index contributed by atoms with van der Waals surface area (Å²) in [6, 6.07) is 18.7. The lowest BCUT2D eigenvalue weighted by molar-refractivity contribution is -0.112. The second-order valence-electron chi connectivity index (χ2n) is 8.40. The van der Waals surface area contributed by atoms with Crippen LogP contribution in [0, 0.1) is 18.3 Å². The average molecular weight is 497 g/mol. The molecular weight excluding hydrogens is 468 g/mol. The highest BCUT2D eigenvalue weighted by atomic mass is 16.7. The Labute approximate surface area is 216 Å². The zero-order valence-corrected chi connectivity index (χ0v) is 20.9. The van der Waals surface area contributed by atoms with Crippen LogP contribution in [0.1, 0.15) is 29.2 Å². The van der Waals surface area contributed by atoms with Crippen molar-refractivity contribution in [2.45, 2.75) is 26.9 Å². The molecule has 7 heteroatoms. The lowest BCUT2D eigenvalue weighted by atomic mass is 10.0. The molecule has 4 rings (SSSR count). The first kappa shape index (κ1) is 25.4. The van der Waals surface area contributed by atoms with E-state index in [0.717, 1.165) is 16.7 Å². The van der Waals surface area contributed by atoms with Crippen LogP contribution >= 0.6 is 0 Å². The first-order valence-corrected chi connectivity index (χ1v) is 11.9. The van der Waals surface area contributed by atoms with E-state index in [4.69, 9.17) is 18.9 Å². The molecule has 1 N–H and O–H groups in total. The summed E-state index contributed by atoms with van der Waals surface area (Å²) in [5.74, 6) is 2.01. The van der Waals surface area contributed by atoms with Crippen molar-refractivity contribution in [2.75, 3.05) is 18.7 Å². The molecule has 1 amide bonds. The largest absolute Gasteiger partial charge is 0.490 e. The number of benzene rings is 3. The van der Waals surface area contributed by atoms with Gasteiger partial charge in [0.1, 0.15) is 18.2 Å². The van der Waals surface area contributed by atoms with E-state index in [9.17, 15) is 10.1 Å². The number of hydrogen-bond donors (Lipinski definition) is 1. The number of allylic oxidation sites excluding steroid dienone is 1. The normalized spacial score (nSPS) is 12.0. The number of hydrogen-bond acceptors (Lipinski definition) is 6. The minimum atomic E-state index is -0.488. The molecule has 3 aromatic carbocycles. The number of ether oxygens (including phenoxy) is 4. The van der Waals surface area contributed by atoms with Gasteiger partial charge in [-0.15, -0.1) is 6.58 Å². The van der Waals surface area contributed by atoms with Gasteiger partial charge in [-0.2, -0.15) is 5.26 Å². The van der Waals surface area contributed by atoms with Crippen LogP contribution in [0.25, 0.3) is 6.08 Å². The Bertz CT molecular complexity index is 1370. The van der Waals surface area contributed by atoms with Crippen molar-refractivity contribution < 1.29 is 23.7 Å². The van der Waals surface area contributed by atoms with E-state index < -0.39 is 5.91 Å². The lowest BCUT2D eigenvalue weighted by Gasteiger charge is -2.17. The van der Waals surface area contributed by atoms with E-state index in [2.05, 4.69) is 11.9 Å². The third-order valence-electron chi connectivity index (χ3n) is 5.62. The molecule has 0 spiro atoms. The number of anilines is 1. The highest BCUT2D eigenvalue weighted by molar-refractivity contribution is 6.09. The van der Waals surface area contributed by atoms with E-state index in [1.54, 1.807) is 30.4 Å². The third kappa shape index (κ3) is 6.30. The molecule has 1 aliphatic heterocycles. The van der Waals surface area contributed by atoms with Crippen molar-refractivity contribution in [3.05, 3.63) is 95.1 Å². The van der Waals surface area contributed by atoms with E-state index in [0.29, 0.717) is 53.9 Å². The topological polar surface area (TPSA) is 89.8 Å². The van der Waals surface area contributed by atoms with Gasteiger partial charge in [0.2, 0.25) is 6.79 Å². The van der Waals surface area contributed by atoms with E-state index in [1.165, 1.54) is 0 Å². The molecule has 0 aromatic heterocycles. The number of aryl methyl sites for hydroxylation is 1. The van der Waals surface area contributed by atoms with Gasteiger partial charge < -0.3 is 24.3 Å². The van der Waals surface area contributed by atoms with E-state index >= 15 is 0 Å². The predicted molar refractivity (Wildman–Crippen MR) is 142 cm³/mol. The van der Waals surface area contributed by atoms with Crippen LogP contribution in [0.4, 0.5) is 5.69 Å². The molecule has 1 heterocycles. The Morgan fingerprint density at radius 1 is 1.11 bits per heavy atom. The van der Waals surface area contributed by atoms with Crippen LogP contribution in [0.15, 0.2) is 72.8 Å². The molecule has 1 aliphatic rings. The van der Waals surface area contributed by atoms with Gasteiger partial charge in [-0.05, 0) is 73.9 Å². The number of amides is 1. The first-order valence-electron chi connectivity index (χ1n) is 11.9. The Hall–Kier alpha value is -4.70. The number of nitrogens with zero attached hydrogens (tertiary/aromatic N) is 1. The Morgan fingerprint density at radius 3 is 2.62 bits per heavy atom. The van der Waals surface area contributed by atoms with Gasteiger partial charge in [-0.25, -0.2) is 0 Å². The van der Waals surface area contributed by atoms with E-state index in [-0.39, 0.29) is 12.4 Å². The monoisotopic (exact) mass is 496 g/mol. The maximum atomic E-state index is 12.8. The van der Waals surface area contributed by atoms with Crippen LogP contribution in [-0.2, 0) is 17.8 Å². The number of carbonyl (C=O) groups excluding carboxylic acids is 1. The van der Waals surface area contributed by atoms with Gasteiger partial charge >= 0.3 is 0 Å². The molecule has 0 radical (unpaired) electrons. The molecule has 37 heavy (non-hydrogen) atoms. The van der Waals surface area contributed by atoms with Crippen molar-refractivity contribution in [1.29, 1.82) is 5.26 Å². The molecule has 7 nitrogen and oxygen atoms in total. The minimum Gasteiger partial charge on any atom is -0.490 e. The Balaban J connectivity index is 1.60. The van der Waals surface area contributed by atoms with Gasteiger partial charge in [0.05, 0.1) is 6.61 Å². The SMILES string of the molecule is C=CCc1cc(/C=C(/C#N)C(=O)Nc2ccc(C)cc2)cc(OCC)c1OCc1ccc2c(c1)OCO2. The number of fused-ring (bicyclic) bond motifs is 1. The van der Waals surface area contributed by atoms with Crippen LogP contribution < -0.4 is 24.3 Å². The summed E-state index contributed by atoms with van der Waals surface area (Å²) < 4.78 is 22.9. The predicted octanol–water partition coefficient (Wildman–Crippen LogP) is 5.98. The standard InChI is InChI=1S/C30H28N2O5/c1-4-6-23-13-22(14-24(17-31)30(33)32-25-10-7-20(3)8-11-25)16-28(34-5-2)29(23)35-18-21-9-12-26-27(15-21)37-19-36-26/h4,7-16H,1,5-6,18-19H2,2-3H3,(H,32,33)/b24-14-. The summed E-state index contributed by atoms with van der Waals surface area (Å²) >= 11 is 0. The third-order valence-corrected chi connectivity index (χ3v) is 5.62. The van der Waals surface area contributed by atoms with Crippen molar-refractivity contribution in [1.82, 2.24) is 0 Å². The average Bonchev–Trinajstić information content (AvgIpc) is 3.36. The molecule has 3 aromatic rings. The second kappa shape index (κ2) is 11.8. The van der Waals surface area contributed by atoms with E-state index in [1.807, 2.05) is 56.3 Å². The zero-order chi connectivity index (χ0) is 26.2. The second-order valence-corrected chi connectivity index (χ2v) is 8.40. The minimum absolute atomic E-state index is 0.0263. The van der Waals surface area contributed by atoms with Crippen molar-refractivity contribution in [3.63, 3.8) is 0 Å². The lowest BCUT2D eigenvalue weighted by Crippen LogP contribution is -2.13. The summed E-state index contributed by atoms with van der Waals surface area (Å²) in [6.07, 6.45) is 3.82. The highest BCUT2D eigenvalue weighted by Gasteiger charge is 2.17. The van der Waals surface area contributed by atoms with Gasteiger partial charge in [0.15, 0.2) is 23.0 Å². The summed E-state index contributed by atoms with van der Waals surface area (Å²) in [5, 5.41) is 12.5. The molecular formula is C30H28N2O5. The highest BCUT2D eigenvalue weighted by Crippen LogP contribution is 2.37. The maximum Gasteiger partial charge on any atom is 0.266 e. The van der Waals surface area contributed by atoms with Gasteiger partial charge in [0.25, 0.3) is 5.91 Å². The molecule has 0 unspecified atom stereocenters. The molecule has 0 saturated heterocycles. The number of nitrogens with one attached hydrogen (secondary N) is 1. The zero-order valence-electron chi connectivity index (χ0n) is 20.9. The quantitative estimate of drug-likeness (QED) is 0.211. The fourth-order valence-corrected chi connectivity index (χ4v) is 3.84. The van der Waals surface area contributed by atoms with Crippen molar-refractivity contribution >= 4 is 17.7 Å². The molecule has 0 atom stereocenters. The Morgan fingerprint density at radius 2 is 1.89 bits per heavy atom. The molecule has 0 aliphatic carbocycles. The van der Waals surface area contributed by atoms with Gasteiger partial charge in [-0.1, -0.05) is 29.8 Å². The molecule has 188 valence electrons. The summed E-state index contributed by atoms with van der Waals surface area (Å²) in [5.41, 5.74) is 4.05. The molecule has 0 saturated carbocycles. The smallest absolute Gasteiger partial charge is 0.266 e. The van der Waals surface area contributed by atoms with Crippen LogP contribution in [0.5, 0.6) is 23.0 Å². The summed E-state index contributed by atoms with van der Waals surface area (Å²) in [7, 11) is 0. The molecule has 0 bridgehead atoms. The van der Waals surface area contributed by atoms with Gasteiger partial charge in [-0.3, -0.25) is 4.79 Å². The summed E-state index contributed by atoms with van der Waals surface area (Å²) in [6.45, 7) is 8.62. The number of carbonyl (C=O) groups is 1. The van der Waals surface area contributed by atoms with Crippen LogP contribution in [0.3, 0.4) is 0 Å². The Kier molecular flexibility index (Phi) is 8.11. The van der Waals surface area contributed by atoms with Gasteiger partial charge in [0, 0.05) is 11.3 Å². The van der Waals surface area contributed by atoms with Crippen molar-refractivity contribution in [2.24, 2.45) is 0 Å².